The molecule has 1 heterocycles. The topological polar surface area (TPSA) is 90.7 Å². The van der Waals surface area contributed by atoms with E-state index in [1.54, 1.807) is 54.6 Å². The molecule has 6 aromatic rings. The smallest absolute Gasteiger partial charge is 0.274 e. The molecule has 0 fully saturated rings. The Balaban J connectivity index is 1.56. The highest BCUT2D eigenvalue weighted by atomic mass is 19.1. The maximum Gasteiger partial charge on any atom is 0.274 e. The van der Waals surface area contributed by atoms with Crippen LogP contribution < -0.4 is 14.8 Å². The highest BCUT2D eigenvalue weighted by molar-refractivity contribution is 6.03. The van der Waals surface area contributed by atoms with Crippen LogP contribution in [0.15, 0.2) is 126 Å². The van der Waals surface area contributed by atoms with E-state index in [2.05, 4.69) is 10.5 Å². The largest absolute Gasteiger partial charge is 0.488 e. The van der Waals surface area contributed by atoms with Gasteiger partial charge in [0.2, 0.25) is 0 Å². The quantitative estimate of drug-likeness (QED) is 0.137. The summed E-state index contributed by atoms with van der Waals surface area (Å²) in [6.45, 7) is 2.63. The van der Waals surface area contributed by atoms with Crippen LogP contribution in [0.5, 0.6) is 11.5 Å². The van der Waals surface area contributed by atoms with Crippen LogP contribution in [0.1, 0.15) is 38.9 Å². The number of amides is 1. The lowest BCUT2D eigenvalue weighted by atomic mass is 9.94. The van der Waals surface area contributed by atoms with E-state index in [1.165, 1.54) is 6.07 Å². The third kappa shape index (κ3) is 6.97. The molecule has 0 spiro atoms. The Labute approximate surface area is 271 Å². The second-order valence-electron chi connectivity index (χ2n) is 10.7. The molecular formula is C39H31FN2O5. The molecule has 7 nitrogen and oxygen atoms in total. The van der Waals surface area contributed by atoms with Gasteiger partial charge in [-0.2, -0.15) is 0 Å². The first-order chi connectivity index (χ1) is 23.1. The van der Waals surface area contributed by atoms with Gasteiger partial charge in [0.15, 0.2) is 11.5 Å². The number of carbonyl (C=O) groups is 2. The lowest BCUT2D eigenvalue weighted by Gasteiger charge is -2.18. The van der Waals surface area contributed by atoms with Gasteiger partial charge in [-0.05, 0) is 35.7 Å². The van der Waals surface area contributed by atoms with Gasteiger partial charge in [-0.1, -0.05) is 108 Å². The molecule has 0 aliphatic carbocycles. The highest BCUT2D eigenvalue weighted by Gasteiger charge is 2.28. The van der Waals surface area contributed by atoms with Gasteiger partial charge < -0.3 is 19.3 Å². The molecule has 0 bridgehead atoms. The van der Waals surface area contributed by atoms with Crippen LogP contribution in [0, 0.1) is 5.82 Å². The Morgan fingerprint density at radius 3 is 1.96 bits per heavy atom. The van der Waals surface area contributed by atoms with Crippen molar-refractivity contribution in [3.8, 4) is 45.1 Å². The summed E-state index contributed by atoms with van der Waals surface area (Å²) in [5, 5.41) is 6.98. The predicted molar refractivity (Wildman–Crippen MR) is 178 cm³/mol. The second-order valence-corrected chi connectivity index (χ2v) is 10.7. The maximum absolute atomic E-state index is 15.4. The molecule has 1 N–H and O–H groups in total. The monoisotopic (exact) mass is 626 g/mol. The molecule has 8 heteroatoms. The molecule has 0 unspecified atom stereocenters. The van der Waals surface area contributed by atoms with Gasteiger partial charge in [-0.25, -0.2) is 4.39 Å². The van der Waals surface area contributed by atoms with Gasteiger partial charge in [0, 0.05) is 29.3 Å². The fourth-order valence-corrected chi connectivity index (χ4v) is 5.21. The Morgan fingerprint density at radius 2 is 1.36 bits per heavy atom. The molecule has 5 aromatic carbocycles. The van der Waals surface area contributed by atoms with Crippen LogP contribution in [0.25, 0.3) is 33.6 Å². The number of carbonyl (C=O) groups excluding carboxylic acids is 2. The summed E-state index contributed by atoms with van der Waals surface area (Å²) >= 11 is 0. The molecule has 0 atom stereocenters. The van der Waals surface area contributed by atoms with Crippen LogP contribution >= 0.6 is 0 Å². The van der Waals surface area contributed by atoms with E-state index in [0.717, 1.165) is 17.4 Å². The summed E-state index contributed by atoms with van der Waals surface area (Å²) < 4.78 is 34.1. The number of nitrogens with one attached hydrogen (secondary N) is 1. The first kappa shape index (κ1) is 31.0. The molecular weight excluding hydrogens is 595 g/mol. The molecule has 0 saturated heterocycles. The van der Waals surface area contributed by atoms with Crippen molar-refractivity contribution in [1.82, 2.24) is 10.5 Å². The second kappa shape index (κ2) is 14.4. The number of aromatic nitrogens is 1. The molecule has 1 aromatic heterocycles. The molecule has 47 heavy (non-hydrogen) atoms. The Kier molecular flexibility index (Phi) is 9.48. The van der Waals surface area contributed by atoms with Crippen molar-refractivity contribution in [3.63, 3.8) is 0 Å². The van der Waals surface area contributed by atoms with Gasteiger partial charge in [0.1, 0.15) is 36.8 Å². The van der Waals surface area contributed by atoms with Gasteiger partial charge in [-0.15, -0.1) is 0 Å². The molecule has 1 amide bonds. The number of hydrogen-bond acceptors (Lipinski definition) is 6. The van der Waals surface area contributed by atoms with Crippen LogP contribution in [0.2, 0.25) is 0 Å². The zero-order valence-electron chi connectivity index (χ0n) is 25.6. The number of ether oxygens (including phenoxy) is 2. The molecule has 0 radical (unpaired) electrons. The standard InChI is InChI=1S/C39H31FN2O5/c1-2-41-39(44)37-36(29-19-17-26(23-43)18-20-29)38(47-42-37)32-21-31(30-15-9-10-16-33(30)40)34(45-24-27-11-5-3-6-12-27)22-35(32)46-25-28-13-7-4-8-14-28/h3-23H,2,24-25H2,1H3,(H,41,44). The Morgan fingerprint density at radius 1 is 0.766 bits per heavy atom. The average molecular weight is 627 g/mol. The average Bonchev–Trinajstić information content (AvgIpc) is 3.56. The minimum absolute atomic E-state index is 0.0616. The number of halogens is 1. The van der Waals surface area contributed by atoms with Crippen LogP contribution in [0.3, 0.4) is 0 Å². The van der Waals surface area contributed by atoms with E-state index in [0.29, 0.717) is 51.4 Å². The molecule has 0 aliphatic heterocycles. The van der Waals surface area contributed by atoms with Gasteiger partial charge in [-0.3, -0.25) is 9.59 Å². The summed E-state index contributed by atoms with van der Waals surface area (Å²) in [6, 6.07) is 36.0. The minimum Gasteiger partial charge on any atom is -0.488 e. The number of hydrogen-bond donors (Lipinski definition) is 1. The van der Waals surface area contributed by atoms with Crippen molar-refractivity contribution < 1.29 is 28.0 Å². The van der Waals surface area contributed by atoms with E-state index in [-0.39, 0.29) is 24.7 Å². The SMILES string of the molecule is CCNC(=O)c1noc(-c2cc(-c3ccccc3F)c(OCc3ccccc3)cc2OCc2ccccc2)c1-c1ccc(C=O)cc1. The van der Waals surface area contributed by atoms with Crippen molar-refractivity contribution in [3.05, 3.63) is 150 Å². The van der Waals surface area contributed by atoms with Gasteiger partial charge in [0.05, 0.1) is 11.1 Å². The fraction of sp³-hybridized carbons (Fsp3) is 0.103. The molecule has 0 aliphatic rings. The first-order valence-corrected chi connectivity index (χ1v) is 15.2. The number of nitrogens with zero attached hydrogens (tertiary/aromatic N) is 1. The zero-order chi connectivity index (χ0) is 32.6. The molecule has 234 valence electrons. The zero-order valence-corrected chi connectivity index (χ0v) is 25.6. The summed E-state index contributed by atoms with van der Waals surface area (Å²) in [7, 11) is 0. The third-order valence-corrected chi connectivity index (χ3v) is 7.54. The fourth-order valence-electron chi connectivity index (χ4n) is 5.21. The normalized spacial score (nSPS) is 10.8. The van der Waals surface area contributed by atoms with Crippen molar-refractivity contribution >= 4 is 12.2 Å². The maximum atomic E-state index is 15.4. The van der Waals surface area contributed by atoms with Crippen molar-refractivity contribution in [2.24, 2.45) is 0 Å². The number of rotatable bonds is 12. The Hall–Kier alpha value is -6.02. The molecule has 0 saturated carbocycles. The highest BCUT2D eigenvalue weighted by Crippen LogP contribution is 2.46. The number of aldehydes is 1. The summed E-state index contributed by atoms with van der Waals surface area (Å²) in [6.07, 6.45) is 0.743. The van der Waals surface area contributed by atoms with E-state index < -0.39 is 11.7 Å². The summed E-state index contributed by atoms with van der Waals surface area (Å²) in [5.74, 6) is 0.139. The first-order valence-electron chi connectivity index (χ1n) is 15.2. The third-order valence-electron chi connectivity index (χ3n) is 7.54. The van der Waals surface area contributed by atoms with Crippen molar-refractivity contribution in [2.45, 2.75) is 20.1 Å². The van der Waals surface area contributed by atoms with Crippen LogP contribution in [-0.4, -0.2) is 23.9 Å². The van der Waals surface area contributed by atoms with E-state index >= 15 is 4.39 Å². The van der Waals surface area contributed by atoms with Crippen LogP contribution in [0.4, 0.5) is 4.39 Å². The lowest BCUT2D eigenvalue weighted by molar-refractivity contribution is 0.0947. The minimum atomic E-state index is -0.439. The van der Waals surface area contributed by atoms with Gasteiger partial charge >= 0.3 is 0 Å². The van der Waals surface area contributed by atoms with E-state index in [4.69, 9.17) is 14.0 Å². The van der Waals surface area contributed by atoms with Crippen LogP contribution in [-0.2, 0) is 13.2 Å². The van der Waals surface area contributed by atoms with E-state index in [1.807, 2.05) is 67.6 Å². The summed E-state index contributed by atoms with van der Waals surface area (Å²) in [4.78, 5) is 24.6. The predicted octanol–water partition coefficient (Wildman–Crippen LogP) is 8.53. The summed E-state index contributed by atoms with van der Waals surface area (Å²) in [5.41, 5.74) is 4.59. The van der Waals surface area contributed by atoms with Gasteiger partial charge in [0.25, 0.3) is 5.91 Å². The van der Waals surface area contributed by atoms with E-state index in [9.17, 15) is 9.59 Å². The van der Waals surface area contributed by atoms with Crippen molar-refractivity contribution in [1.29, 1.82) is 0 Å². The molecule has 6 rings (SSSR count). The number of benzene rings is 5. The lowest BCUT2D eigenvalue weighted by Crippen LogP contribution is -2.23. The van der Waals surface area contributed by atoms with Crippen molar-refractivity contribution in [2.75, 3.05) is 6.54 Å². The Bertz CT molecular complexity index is 1990.